The summed E-state index contributed by atoms with van der Waals surface area (Å²) in [5.41, 5.74) is -0.822. The minimum absolute atomic E-state index is 0.0743. The fraction of sp³-hybridized carbons (Fsp3) is 0.471. The predicted molar refractivity (Wildman–Crippen MR) is 94.4 cm³/mol. The third kappa shape index (κ3) is 5.05. The molecule has 2 amide bonds. The Bertz CT molecular complexity index is 816. The van der Waals surface area contributed by atoms with Gasteiger partial charge in [-0.2, -0.15) is 13.2 Å². The van der Waals surface area contributed by atoms with E-state index in [9.17, 15) is 18.0 Å². The molecule has 2 aromatic rings. The average Bonchev–Trinajstić information content (AvgIpc) is 2.92. The van der Waals surface area contributed by atoms with Gasteiger partial charge in [0, 0.05) is 44.3 Å². The van der Waals surface area contributed by atoms with Crippen LogP contribution in [0.5, 0.6) is 0 Å². The van der Waals surface area contributed by atoms with Gasteiger partial charge in [0.15, 0.2) is 0 Å². The van der Waals surface area contributed by atoms with E-state index in [0.29, 0.717) is 32.1 Å². The number of urea groups is 1. The molecule has 0 aliphatic carbocycles. The molecule has 1 aliphatic rings. The molecule has 1 N–H and O–H groups in total. The Morgan fingerprint density at radius 3 is 2.61 bits per heavy atom. The molecule has 1 fully saturated rings. The lowest BCUT2D eigenvalue weighted by atomic mass is 10.3. The Balaban J connectivity index is 1.57. The fourth-order valence-electron chi connectivity index (χ4n) is 2.90. The van der Waals surface area contributed by atoms with Crippen molar-refractivity contribution in [2.45, 2.75) is 26.1 Å². The molecule has 0 saturated carbocycles. The van der Waals surface area contributed by atoms with E-state index < -0.39 is 11.9 Å². The van der Waals surface area contributed by atoms with Gasteiger partial charge in [0.1, 0.15) is 11.5 Å². The van der Waals surface area contributed by atoms with Crippen molar-refractivity contribution in [3.8, 4) is 0 Å². The number of alkyl halides is 3. The highest BCUT2D eigenvalue weighted by Gasteiger charge is 2.33. The summed E-state index contributed by atoms with van der Waals surface area (Å²) in [4.78, 5) is 31.9. The maximum Gasteiger partial charge on any atom is 0.433 e. The van der Waals surface area contributed by atoms with Crippen LogP contribution in [0, 0.1) is 6.92 Å². The summed E-state index contributed by atoms with van der Waals surface area (Å²) >= 11 is 0. The molecule has 150 valence electrons. The molecule has 0 spiro atoms. The van der Waals surface area contributed by atoms with Gasteiger partial charge < -0.3 is 15.1 Å². The Morgan fingerprint density at radius 1 is 1.14 bits per heavy atom. The van der Waals surface area contributed by atoms with Crippen LogP contribution >= 0.6 is 0 Å². The minimum atomic E-state index is -4.56. The second-order valence-electron chi connectivity index (χ2n) is 6.34. The number of rotatable bonds is 3. The zero-order chi connectivity index (χ0) is 20.1. The van der Waals surface area contributed by atoms with E-state index in [-0.39, 0.29) is 24.1 Å². The fourth-order valence-corrected chi connectivity index (χ4v) is 2.90. The first kappa shape index (κ1) is 19.8. The van der Waals surface area contributed by atoms with E-state index in [2.05, 4.69) is 25.3 Å². The number of aryl methyl sites for hydroxylation is 1. The predicted octanol–water partition coefficient (Wildman–Crippen LogP) is 2.02. The van der Waals surface area contributed by atoms with Crippen LogP contribution in [0.25, 0.3) is 0 Å². The number of anilines is 1. The van der Waals surface area contributed by atoms with Gasteiger partial charge in [0.2, 0.25) is 5.95 Å². The Morgan fingerprint density at radius 2 is 1.89 bits per heavy atom. The molecule has 3 heterocycles. The molecule has 0 aromatic carbocycles. The molecule has 1 aliphatic heterocycles. The van der Waals surface area contributed by atoms with Crippen molar-refractivity contribution in [1.29, 1.82) is 0 Å². The largest absolute Gasteiger partial charge is 0.433 e. The molecule has 0 bridgehead atoms. The van der Waals surface area contributed by atoms with E-state index in [1.54, 1.807) is 23.4 Å². The van der Waals surface area contributed by atoms with Crippen LogP contribution in [0.4, 0.5) is 23.9 Å². The third-order valence-corrected chi connectivity index (χ3v) is 4.21. The number of hydrogen-bond acceptors (Lipinski definition) is 6. The highest BCUT2D eigenvalue weighted by molar-refractivity contribution is 5.74. The smallest absolute Gasteiger partial charge is 0.339 e. The second kappa shape index (κ2) is 8.36. The molecule has 0 atom stereocenters. The normalized spacial score (nSPS) is 15.3. The van der Waals surface area contributed by atoms with Gasteiger partial charge in [-0.1, -0.05) is 0 Å². The number of halogens is 3. The molecule has 11 heteroatoms. The molecule has 8 nitrogen and oxygen atoms in total. The second-order valence-corrected chi connectivity index (χ2v) is 6.34. The molecule has 0 unspecified atom stereocenters. The zero-order valence-electron chi connectivity index (χ0n) is 15.3. The lowest BCUT2D eigenvalue weighted by molar-refractivity contribution is -0.141. The minimum Gasteiger partial charge on any atom is -0.339 e. The summed E-state index contributed by atoms with van der Waals surface area (Å²) in [5, 5.41) is 2.60. The van der Waals surface area contributed by atoms with Crippen molar-refractivity contribution in [3.63, 3.8) is 0 Å². The molecule has 0 radical (unpaired) electrons. The number of carbonyl (C=O) groups is 1. The first-order chi connectivity index (χ1) is 13.3. The van der Waals surface area contributed by atoms with Gasteiger partial charge in [0.25, 0.3) is 0 Å². The summed E-state index contributed by atoms with van der Waals surface area (Å²) < 4.78 is 38.6. The summed E-state index contributed by atoms with van der Waals surface area (Å²) in [5.74, 6) is 0.535. The average molecular weight is 395 g/mol. The summed E-state index contributed by atoms with van der Waals surface area (Å²) in [6, 6.07) is 2.24. The van der Waals surface area contributed by atoms with Gasteiger partial charge >= 0.3 is 12.2 Å². The number of hydrogen-bond donors (Lipinski definition) is 1. The van der Waals surface area contributed by atoms with E-state index in [1.807, 2.05) is 4.90 Å². The van der Waals surface area contributed by atoms with Crippen molar-refractivity contribution in [2.24, 2.45) is 0 Å². The Hall–Kier alpha value is -2.98. The number of amides is 2. The highest BCUT2D eigenvalue weighted by atomic mass is 19.4. The maximum absolute atomic E-state index is 12.9. The van der Waals surface area contributed by atoms with Crippen molar-refractivity contribution < 1.29 is 18.0 Å². The van der Waals surface area contributed by atoms with Crippen LogP contribution in [0.15, 0.2) is 24.5 Å². The Kier molecular flexibility index (Phi) is 5.90. The topological polar surface area (TPSA) is 87.1 Å². The van der Waals surface area contributed by atoms with Crippen LogP contribution in [-0.2, 0) is 12.7 Å². The van der Waals surface area contributed by atoms with Crippen LogP contribution in [0.1, 0.15) is 23.6 Å². The molecular formula is C17H20F3N7O. The van der Waals surface area contributed by atoms with E-state index in [4.69, 9.17) is 0 Å². The SMILES string of the molecule is Cc1cc(C(F)(F)F)nc(CNC(=O)N2CCCN(c3ncccn3)CC2)n1. The van der Waals surface area contributed by atoms with Gasteiger partial charge in [0.05, 0.1) is 6.54 Å². The molecule has 28 heavy (non-hydrogen) atoms. The van der Waals surface area contributed by atoms with Crippen LogP contribution in [-0.4, -0.2) is 57.0 Å². The number of nitrogens with one attached hydrogen (secondary N) is 1. The summed E-state index contributed by atoms with van der Waals surface area (Å²) in [6.07, 6.45) is -0.505. The van der Waals surface area contributed by atoms with Crippen molar-refractivity contribution in [3.05, 3.63) is 41.7 Å². The molecular weight excluding hydrogens is 375 g/mol. The van der Waals surface area contributed by atoms with Crippen molar-refractivity contribution >= 4 is 12.0 Å². The van der Waals surface area contributed by atoms with Gasteiger partial charge in [-0.05, 0) is 25.5 Å². The summed E-state index contributed by atoms with van der Waals surface area (Å²) in [7, 11) is 0. The van der Waals surface area contributed by atoms with Gasteiger partial charge in [-0.15, -0.1) is 0 Å². The van der Waals surface area contributed by atoms with Crippen molar-refractivity contribution in [2.75, 3.05) is 31.1 Å². The number of nitrogens with zero attached hydrogens (tertiary/aromatic N) is 6. The third-order valence-electron chi connectivity index (χ3n) is 4.21. The highest BCUT2D eigenvalue weighted by Crippen LogP contribution is 2.27. The van der Waals surface area contributed by atoms with Gasteiger partial charge in [-0.3, -0.25) is 0 Å². The van der Waals surface area contributed by atoms with Gasteiger partial charge in [-0.25, -0.2) is 24.7 Å². The zero-order valence-corrected chi connectivity index (χ0v) is 15.3. The lowest BCUT2D eigenvalue weighted by Gasteiger charge is -2.22. The van der Waals surface area contributed by atoms with E-state index >= 15 is 0 Å². The van der Waals surface area contributed by atoms with Crippen LogP contribution < -0.4 is 10.2 Å². The monoisotopic (exact) mass is 395 g/mol. The van der Waals surface area contributed by atoms with Crippen LogP contribution in [0.2, 0.25) is 0 Å². The van der Waals surface area contributed by atoms with Crippen LogP contribution in [0.3, 0.4) is 0 Å². The van der Waals surface area contributed by atoms with E-state index in [0.717, 1.165) is 12.5 Å². The Labute approximate surface area is 159 Å². The standard InChI is InChI=1S/C17H20F3N7O/c1-12-10-13(17(18,19)20)25-14(24-12)11-23-16(28)27-7-3-6-26(8-9-27)15-21-4-2-5-22-15/h2,4-5,10H,3,6-9,11H2,1H3,(H,23,28). The molecule has 2 aromatic heterocycles. The van der Waals surface area contributed by atoms with Crippen molar-refractivity contribution in [1.82, 2.24) is 30.2 Å². The quantitative estimate of drug-likeness (QED) is 0.856. The molecule has 3 rings (SSSR count). The maximum atomic E-state index is 12.9. The summed E-state index contributed by atoms with van der Waals surface area (Å²) in [6.45, 7) is 3.54. The number of aromatic nitrogens is 4. The first-order valence-corrected chi connectivity index (χ1v) is 8.79. The van der Waals surface area contributed by atoms with E-state index in [1.165, 1.54) is 6.92 Å². The lowest BCUT2D eigenvalue weighted by Crippen LogP contribution is -2.42. The number of carbonyl (C=O) groups excluding carboxylic acids is 1. The molecule has 1 saturated heterocycles. The first-order valence-electron chi connectivity index (χ1n) is 8.79.